The summed E-state index contributed by atoms with van der Waals surface area (Å²) in [4.78, 5) is 26.7. The van der Waals surface area contributed by atoms with Crippen molar-refractivity contribution in [1.82, 2.24) is 15.4 Å². The fraction of sp³-hybridized carbons (Fsp3) is 0.353. The molecule has 0 saturated carbocycles. The Kier molecular flexibility index (Phi) is 4.14. The summed E-state index contributed by atoms with van der Waals surface area (Å²) >= 11 is 0. The van der Waals surface area contributed by atoms with Gasteiger partial charge in [-0.15, -0.1) is 0 Å². The quantitative estimate of drug-likeness (QED) is 0.832. The monoisotopic (exact) mass is 313 g/mol. The van der Waals surface area contributed by atoms with Crippen molar-refractivity contribution in [3.63, 3.8) is 0 Å². The number of imide groups is 1. The average molecular weight is 313 g/mol. The fourth-order valence-corrected chi connectivity index (χ4v) is 2.92. The summed E-state index contributed by atoms with van der Waals surface area (Å²) in [5.41, 5.74) is 0.375. The second-order valence-corrected chi connectivity index (χ2v) is 5.69. The lowest BCUT2D eigenvalue weighted by Crippen LogP contribution is -2.44. The molecule has 1 N–H and O–H groups in total. The number of aromatic nitrogens is 1. The van der Waals surface area contributed by atoms with Gasteiger partial charge in [0.15, 0.2) is 0 Å². The van der Waals surface area contributed by atoms with Crippen LogP contribution in [0.1, 0.15) is 37.4 Å². The van der Waals surface area contributed by atoms with Gasteiger partial charge in [-0.05, 0) is 12.0 Å². The fourth-order valence-electron chi connectivity index (χ4n) is 2.92. The minimum atomic E-state index is -0.988. The molecule has 1 aromatic carbocycles. The van der Waals surface area contributed by atoms with Crippen LogP contribution in [0.4, 0.5) is 4.79 Å². The SMILES string of the molecule is CCCC[C@]1(c2ccccc2)NC(=O)N(Cc2ccon2)C1=O. The van der Waals surface area contributed by atoms with Gasteiger partial charge in [-0.1, -0.05) is 55.3 Å². The van der Waals surface area contributed by atoms with E-state index in [0.717, 1.165) is 18.4 Å². The minimum Gasteiger partial charge on any atom is -0.364 e. The van der Waals surface area contributed by atoms with Crippen molar-refractivity contribution in [2.24, 2.45) is 0 Å². The maximum absolute atomic E-state index is 13.1. The van der Waals surface area contributed by atoms with Crippen LogP contribution in [-0.2, 0) is 16.9 Å². The number of urea groups is 1. The highest BCUT2D eigenvalue weighted by atomic mass is 16.5. The zero-order valence-electron chi connectivity index (χ0n) is 13.0. The van der Waals surface area contributed by atoms with Crippen molar-refractivity contribution >= 4 is 11.9 Å². The largest absolute Gasteiger partial charge is 0.364 e. The first-order chi connectivity index (χ1) is 11.2. The van der Waals surface area contributed by atoms with Crippen LogP contribution in [0.15, 0.2) is 47.2 Å². The Balaban J connectivity index is 1.94. The van der Waals surface area contributed by atoms with Crippen LogP contribution >= 0.6 is 0 Å². The van der Waals surface area contributed by atoms with Crippen LogP contribution in [-0.4, -0.2) is 22.0 Å². The Morgan fingerprint density at radius 2 is 2.00 bits per heavy atom. The molecule has 0 aliphatic carbocycles. The number of rotatable bonds is 6. The van der Waals surface area contributed by atoms with Gasteiger partial charge >= 0.3 is 6.03 Å². The molecular formula is C17H19N3O3. The number of unbranched alkanes of at least 4 members (excludes halogenated alkanes) is 1. The molecule has 1 aliphatic rings. The van der Waals surface area contributed by atoms with Crippen LogP contribution in [0.3, 0.4) is 0 Å². The second kappa shape index (κ2) is 6.24. The zero-order valence-corrected chi connectivity index (χ0v) is 13.0. The third-order valence-electron chi connectivity index (χ3n) is 4.16. The molecule has 0 radical (unpaired) electrons. The lowest BCUT2D eigenvalue weighted by atomic mass is 9.85. The number of amides is 3. The molecule has 120 valence electrons. The lowest BCUT2D eigenvalue weighted by Gasteiger charge is -2.27. The van der Waals surface area contributed by atoms with Crippen LogP contribution in [0, 0.1) is 0 Å². The molecule has 0 bridgehead atoms. The van der Waals surface area contributed by atoms with E-state index in [0.29, 0.717) is 12.1 Å². The highest BCUT2D eigenvalue weighted by molar-refractivity contribution is 6.07. The Labute approximate surface area is 134 Å². The van der Waals surface area contributed by atoms with Crippen LogP contribution in [0.25, 0.3) is 0 Å². The molecule has 3 amide bonds. The molecule has 1 fully saturated rings. The smallest absolute Gasteiger partial charge is 0.325 e. The molecular weight excluding hydrogens is 294 g/mol. The van der Waals surface area contributed by atoms with E-state index in [9.17, 15) is 9.59 Å². The van der Waals surface area contributed by atoms with Crippen molar-refractivity contribution in [3.8, 4) is 0 Å². The van der Waals surface area contributed by atoms with Crippen molar-refractivity contribution < 1.29 is 14.1 Å². The summed E-state index contributed by atoms with van der Waals surface area (Å²) in [6.07, 6.45) is 3.79. The Hall–Kier alpha value is -2.63. The molecule has 2 aromatic rings. The number of nitrogens with one attached hydrogen (secondary N) is 1. The van der Waals surface area contributed by atoms with E-state index in [2.05, 4.69) is 17.4 Å². The Morgan fingerprint density at radius 1 is 1.22 bits per heavy atom. The first-order valence-electron chi connectivity index (χ1n) is 7.76. The van der Waals surface area contributed by atoms with E-state index in [4.69, 9.17) is 4.52 Å². The topological polar surface area (TPSA) is 75.4 Å². The van der Waals surface area contributed by atoms with Crippen molar-refractivity contribution in [2.45, 2.75) is 38.3 Å². The van der Waals surface area contributed by atoms with E-state index in [1.165, 1.54) is 11.2 Å². The highest BCUT2D eigenvalue weighted by Gasteiger charge is 2.51. The number of carbonyl (C=O) groups is 2. The van der Waals surface area contributed by atoms with Gasteiger partial charge in [-0.2, -0.15) is 0 Å². The number of nitrogens with zero attached hydrogens (tertiary/aromatic N) is 2. The summed E-state index contributed by atoms with van der Waals surface area (Å²) in [6, 6.07) is 10.7. The molecule has 2 heterocycles. The first kappa shape index (κ1) is 15.3. The second-order valence-electron chi connectivity index (χ2n) is 5.69. The Morgan fingerprint density at radius 3 is 2.65 bits per heavy atom. The van der Waals surface area contributed by atoms with Crippen molar-refractivity contribution in [3.05, 3.63) is 53.9 Å². The molecule has 1 aliphatic heterocycles. The highest BCUT2D eigenvalue weighted by Crippen LogP contribution is 2.34. The number of benzene rings is 1. The van der Waals surface area contributed by atoms with Gasteiger partial charge in [0.05, 0.1) is 6.54 Å². The van der Waals surface area contributed by atoms with Gasteiger partial charge in [0, 0.05) is 6.07 Å². The minimum absolute atomic E-state index is 0.113. The maximum atomic E-state index is 13.1. The molecule has 1 atom stereocenters. The van der Waals surface area contributed by atoms with Crippen LogP contribution in [0.2, 0.25) is 0 Å². The molecule has 0 spiro atoms. The zero-order chi connectivity index (χ0) is 16.3. The van der Waals surface area contributed by atoms with Gasteiger partial charge in [-0.3, -0.25) is 9.69 Å². The van der Waals surface area contributed by atoms with E-state index in [1.807, 2.05) is 30.3 Å². The van der Waals surface area contributed by atoms with Gasteiger partial charge in [0.1, 0.15) is 17.5 Å². The number of carbonyl (C=O) groups excluding carboxylic acids is 2. The summed E-state index contributed by atoms with van der Waals surface area (Å²) in [5.74, 6) is -0.231. The van der Waals surface area contributed by atoms with Gasteiger partial charge in [0.2, 0.25) is 0 Å². The number of hydrogen-bond donors (Lipinski definition) is 1. The van der Waals surface area contributed by atoms with Crippen LogP contribution in [0.5, 0.6) is 0 Å². The molecule has 23 heavy (non-hydrogen) atoms. The first-order valence-corrected chi connectivity index (χ1v) is 7.76. The summed E-state index contributed by atoms with van der Waals surface area (Å²) in [6.45, 7) is 2.18. The summed E-state index contributed by atoms with van der Waals surface area (Å²) < 4.78 is 4.78. The summed E-state index contributed by atoms with van der Waals surface area (Å²) in [7, 11) is 0. The van der Waals surface area contributed by atoms with E-state index < -0.39 is 11.6 Å². The molecule has 6 nitrogen and oxygen atoms in total. The normalized spacial score (nSPS) is 20.8. The van der Waals surface area contributed by atoms with Crippen molar-refractivity contribution in [2.75, 3.05) is 0 Å². The van der Waals surface area contributed by atoms with Gasteiger partial charge in [-0.25, -0.2) is 4.79 Å². The predicted octanol–water partition coefficient (Wildman–Crippen LogP) is 2.81. The summed E-state index contributed by atoms with van der Waals surface area (Å²) in [5, 5.41) is 6.69. The van der Waals surface area contributed by atoms with Gasteiger partial charge < -0.3 is 9.84 Å². The van der Waals surface area contributed by atoms with Crippen molar-refractivity contribution in [1.29, 1.82) is 0 Å². The lowest BCUT2D eigenvalue weighted by molar-refractivity contribution is -0.132. The Bertz CT molecular complexity index is 684. The molecule has 0 unspecified atom stereocenters. The van der Waals surface area contributed by atoms with Gasteiger partial charge in [0.25, 0.3) is 5.91 Å². The van der Waals surface area contributed by atoms with Crippen LogP contribution < -0.4 is 5.32 Å². The number of hydrogen-bond acceptors (Lipinski definition) is 4. The predicted molar refractivity (Wildman–Crippen MR) is 83.2 cm³/mol. The molecule has 1 aromatic heterocycles. The third-order valence-corrected chi connectivity index (χ3v) is 4.16. The van der Waals surface area contributed by atoms with E-state index >= 15 is 0 Å². The maximum Gasteiger partial charge on any atom is 0.325 e. The van der Waals surface area contributed by atoms with E-state index in [-0.39, 0.29) is 12.5 Å². The van der Waals surface area contributed by atoms with E-state index in [1.54, 1.807) is 6.07 Å². The third kappa shape index (κ3) is 2.72. The standard InChI is InChI=1S/C17H19N3O3/c1-2-3-10-17(13-7-5-4-6-8-13)15(21)20(16(22)18-17)12-14-9-11-23-19-14/h4-9,11H,2-3,10,12H2,1H3,(H,18,22)/t17-/m1/s1. The molecule has 3 rings (SSSR count). The molecule has 6 heteroatoms. The average Bonchev–Trinajstić information content (AvgIpc) is 3.17. The molecule has 1 saturated heterocycles.